The zero-order chi connectivity index (χ0) is 57.5. The average molecular weight is 1090 g/mol. The van der Waals surface area contributed by atoms with Gasteiger partial charge in [0.15, 0.2) is 0 Å². The number of anilines is 5. The van der Waals surface area contributed by atoms with Crippen LogP contribution in [-0.2, 0) is 0 Å². The molecule has 1 aliphatic rings. The third kappa shape index (κ3) is 14.6. The third-order valence-electron chi connectivity index (χ3n) is 15.4. The van der Waals surface area contributed by atoms with Gasteiger partial charge in [-0.05, 0) is 160 Å². The zero-order valence-corrected chi connectivity index (χ0v) is 49.3. The van der Waals surface area contributed by atoms with Crippen molar-refractivity contribution in [1.29, 1.82) is 0 Å². The molecule has 12 nitrogen and oxygen atoms in total. The largest absolute Gasteiger partial charge is 0.385 e. The first kappa shape index (κ1) is 57.9. The summed E-state index contributed by atoms with van der Waals surface area (Å²) in [6.45, 7) is 11.7. The summed E-state index contributed by atoms with van der Waals surface area (Å²) in [5, 5.41) is 17.1. The molecule has 0 radical (unpaired) electrons. The van der Waals surface area contributed by atoms with Gasteiger partial charge in [-0.15, -0.1) is 4.57 Å². The van der Waals surface area contributed by atoms with E-state index in [1.54, 1.807) is 0 Å². The molecular formula is C70H81N10O2+. The van der Waals surface area contributed by atoms with Crippen LogP contribution in [0.5, 0.6) is 0 Å². The van der Waals surface area contributed by atoms with Gasteiger partial charge < -0.3 is 36.4 Å². The number of aryl methyl sites for hydroxylation is 3. The van der Waals surface area contributed by atoms with E-state index in [1.807, 2.05) is 66.7 Å². The van der Waals surface area contributed by atoms with Crippen molar-refractivity contribution in [2.75, 3.05) is 74.8 Å². The highest BCUT2D eigenvalue weighted by Gasteiger charge is 2.24. The predicted molar refractivity (Wildman–Crippen MR) is 343 cm³/mol. The van der Waals surface area contributed by atoms with E-state index in [-0.39, 0.29) is 11.8 Å². The number of carbonyl (C=O) groups is 2. The van der Waals surface area contributed by atoms with Crippen molar-refractivity contribution < 1.29 is 14.2 Å². The molecule has 0 spiro atoms. The lowest BCUT2D eigenvalue weighted by Gasteiger charge is -2.20. The van der Waals surface area contributed by atoms with E-state index in [0.29, 0.717) is 24.2 Å². The predicted octanol–water partition coefficient (Wildman–Crippen LogP) is 14.4. The molecule has 0 bridgehead atoms. The van der Waals surface area contributed by atoms with Crippen LogP contribution in [0.2, 0.25) is 0 Å². The Morgan fingerprint density at radius 1 is 0.549 bits per heavy atom. The van der Waals surface area contributed by atoms with Crippen LogP contribution in [0.25, 0.3) is 38.9 Å². The third-order valence-corrected chi connectivity index (χ3v) is 15.4. The summed E-state index contributed by atoms with van der Waals surface area (Å²) in [6.07, 6.45) is 13.2. The molecule has 0 fully saturated rings. The molecule has 5 N–H and O–H groups in total. The van der Waals surface area contributed by atoms with Crippen molar-refractivity contribution in [1.82, 2.24) is 20.9 Å². The Bertz CT molecular complexity index is 3610. The molecule has 12 heteroatoms. The minimum atomic E-state index is -0.0677. The maximum Gasteiger partial charge on any atom is 0.251 e. The number of fused-ring (bicyclic) bond motifs is 2. The van der Waals surface area contributed by atoms with Crippen molar-refractivity contribution in [3.63, 3.8) is 0 Å². The first-order chi connectivity index (χ1) is 39.8. The fraction of sp³-hybridized carbons (Fsp3) is 0.300. The topological polar surface area (TPSA) is 130 Å². The summed E-state index contributed by atoms with van der Waals surface area (Å²) >= 11 is 0. The molecule has 2 amide bonds. The second-order valence-electron chi connectivity index (χ2n) is 22.1. The number of nitrogens with zero attached hydrogens (tertiary/aromatic N) is 5. The summed E-state index contributed by atoms with van der Waals surface area (Å²) in [7, 11) is 8.31. The van der Waals surface area contributed by atoms with E-state index in [0.717, 1.165) is 144 Å². The number of para-hydroxylation sites is 2. The summed E-state index contributed by atoms with van der Waals surface area (Å²) in [5.74, 6) is -0.133. The summed E-state index contributed by atoms with van der Waals surface area (Å²) in [5.41, 5.74) is 21.9. The van der Waals surface area contributed by atoms with Gasteiger partial charge >= 0.3 is 0 Å². The lowest BCUT2D eigenvalue weighted by atomic mass is 10.0. The lowest BCUT2D eigenvalue weighted by molar-refractivity contribution is -0.538. The lowest BCUT2D eigenvalue weighted by Crippen LogP contribution is -2.34. The molecule has 0 unspecified atom stereocenters. The summed E-state index contributed by atoms with van der Waals surface area (Å²) in [4.78, 5) is 40.6. The van der Waals surface area contributed by atoms with Gasteiger partial charge in [0, 0.05) is 130 Å². The van der Waals surface area contributed by atoms with Crippen LogP contribution < -0.4 is 41.0 Å². The molecule has 1 aromatic heterocycles. The molecule has 422 valence electrons. The highest BCUT2D eigenvalue weighted by molar-refractivity contribution is 6.01. The molecule has 0 saturated carbocycles. The Kier molecular flexibility index (Phi) is 19.5. The molecule has 0 saturated heterocycles. The molecule has 0 aliphatic heterocycles. The van der Waals surface area contributed by atoms with Crippen molar-refractivity contribution in [3.8, 4) is 16.8 Å². The van der Waals surface area contributed by atoms with Crippen molar-refractivity contribution in [2.24, 2.45) is 4.99 Å². The maximum absolute atomic E-state index is 13.1. The molecular weight excluding hydrogens is 1010 g/mol. The number of hydrogen-bond acceptors (Lipinski definition) is 9. The number of aromatic nitrogens is 2. The second-order valence-corrected chi connectivity index (χ2v) is 22.1. The van der Waals surface area contributed by atoms with E-state index in [1.165, 1.54) is 33.6 Å². The normalized spacial score (nSPS) is 12.7. The van der Waals surface area contributed by atoms with Crippen LogP contribution in [0.1, 0.15) is 102 Å². The van der Waals surface area contributed by atoms with Crippen molar-refractivity contribution in [2.45, 2.75) is 85.5 Å². The Balaban J connectivity index is 0.648. The van der Waals surface area contributed by atoms with E-state index in [9.17, 15) is 9.59 Å². The Morgan fingerprint density at radius 3 is 1.68 bits per heavy atom. The average Bonchev–Trinajstić information content (AvgIpc) is 3.18. The number of nitrogens with one attached hydrogen (secondary N) is 5. The monoisotopic (exact) mass is 1090 g/mol. The highest BCUT2D eigenvalue weighted by Crippen LogP contribution is 2.36. The molecule has 9 rings (SSSR count). The summed E-state index contributed by atoms with van der Waals surface area (Å²) < 4.78 is 2.35. The zero-order valence-electron chi connectivity index (χ0n) is 49.3. The van der Waals surface area contributed by atoms with Gasteiger partial charge in [0.25, 0.3) is 11.8 Å². The van der Waals surface area contributed by atoms with Gasteiger partial charge in [0.2, 0.25) is 16.7 Å². The number of benzene rings is 7. The number of allylic oxidation sites excluding steroid dienone is 3. The second kappa shape index (κ2) is 27.6. The first-order valence-corrected chi connectivity index (χ1v) is 29.2. The van der Waals surface area contributed by atoms with Crippen LogP contribution >= 0.6 is 0 Å². The molecule has 1 heterocycles. The van der Waals surface area contributed by atoms with Gasteiger partial charge in [0.1, 0.15) is 11.0 Å². The number of amides is 2. The highest BCUT2D eigenvalue weighted by atomic mass is 16.2. The van der Waals surface area contributed by atoms with Gasteiger partial charge in [-0.2, -0.15) is 0 Å². The minimum Gasteiger partial charge on any atom is -0.385 e. The van der Waals surface area contributed by atoms with Crippen molar-refractivity contribution >= 4 is 73.7 Å². The standard InChI is InChI=1S/C70H80N10O2/c1-48-43-57(76-62-44-49(2)65(78(5)6)46-63(62)75-56-23-15-13-16-24-56)35-36-59(48)71-39-19-9-11-21-41-73-69(81)54-31-27-52(28-32-54)53-29-33-55(34-30-53)70(82)74-42-22-12-10-20-40-72-60-37-38-61-68(51(60)4)80(58-25-17-14-18-26-58)67-47-66(79(7)8)50(3)45-64(67)77-61/h13-18,23-38,44-47,71,75H,9-12,19-22,39-43H2,1-8H3,(H2,73,74,81,82)/p+1. The fourth-order valence-corrected chi connectivity index (χ4v) is 10.9. The van der Waals surface area contributed by atoms with E-state index >= 15 is 0 Å². The van der Waals surface area contributed by atoms with Crippen LogP contribution in [-0.4, -0.2) is 76.9 Å². The number of carbonyl (C=O) groups excluding carboxylic acids is 2. The Morgan fingerprint density at radius 2 is 1.10 bits per heavy atom. The minimum absolute atomic E-state index is 0.0649. The fourth-order valence-electron chi connectivity index (χ4n) is 10.9. The quantitative estimate of drug-likeness (QED) is 0.0217. The van der Waals surface area contributed by atoms with E-state index < -0.39 is 0 Å². The van der Waals surface area contributed by atoms with Crippen LogP contribution in [0.15, 0.2) is 174 Å². The van der Waals surface area contributed by atoms with Gasteiger partial charge in [0.05, 0.1) is 11.4 Å². The van der Waals surface area contributed by atoms with Gasteiger partial charge in [-0.3, -0.25) is 14.6 Å². The van der Waals surface area contributed by atoms with E-state index in [4.69, 9.17) is 9.98 Å². The number of hydrogen-bond donors (Lipinski definition) is 5. The van der Waals surface area contributed by atoms with E-state index in [2.05, 4.69) is 188 Å². The number of rotatable bonds is 25. The van der Waals surface area contributed by atoms with Crippen LogP contribution in [0.4, 0.5) is 34.1 Å². The maximum atomic E-state index is 13.1. The molecule has 82 heavy (non-hydrogen) atoms. The number of unbranched alkanes of at least 4 members (excludes halogenated alkanes) is 6. The molecule has 0 atom stereocenters. The van der Waals surface area contributed by atoms with Crippen LogP contribution in [0.3, 0.4) is 0 Å². The molecule has 7 aromatic carbocycles. The summed E-state index contributed by atoms with van der Waals surface area (Å²) in [6, 6.07) is 49.2. The SMILES string of the molecule is CC1=C(NCCCCCCNC(=O)c2ccc(-c3ccc(C(=O)NCCCCCCNc4ccc5nc6cc(C)c(N(C)C)cc6[n+](-c6ccccc6)c5c4C)cc3)cc2)C=CC(=Nc2cc(C)c(N(C)C)cc2Nc2ccccc2)C1. The molecule has 1 aliphatic carbocycles. The molecule has 8 aromatic rings. The van der Waals surface area contributed by atoms with Crippen molar-refractivity contribution in [3.05, 3.63) is 197 Å². The van der Waals surface area contributed by atoms with Gasteiger partial charge in [-0.1, -0.05) is 86.3 Å². The first-order valence-electron chi connectivity index (χ1n) is 29.2. The number of aliphatic imine (C=N–C) groups is 1. The van der Waals surface area contributed by atoms with Crippen LogP contribution in [0, 0.1) is 20.8 Å². The Hall–Kier alpha value is -8.77. The Labute approximate surface area is 485 Å². The smallest absolute Gasteiger partial charge is 0.251 e. The van der Waals surface area contributed by atoms with Gasteiger partial charge in [-0.25, -0.2) is 4.98 Å².